The van der Waals surface area contributed by atoms with Crippen LogP contribution in [0.5, 0.6) is 0 Å². The van der Waals surface area contributed by atoms with E-state index >= 15 is 0 Å². The van der Waals surface area contributed by atoms with Crippen molar-refractivity contribution in [2.75, 3.05) is 76.9 Å². The molecule has 0 bridgehead atoms. The van der Waals surface area contributed by atoms with Gasteiger partial charge in [-0.05, 0) is 85.6 Å². The van der Waals surface area contributed by atoms with E-state index in [0.717, 1.165) is 86.6 Å². The summed E-state index contributed by atoms with van der Waals surface area (Å²) in [6.07, 6.45) is 6.97. The molecule has 2 aliphatic carbocycles. The number of rotatable bonds is 8. The number of amides is 1. The number of nitrogens with zero attached hydrogens (tertiary/aromatic N) is 4. The lowest BCUT2D eigenvalue weighted by Crippen LogP contribution is -2.35. The summed E-state index contributed by atoms with van der Waals surface area (Å²) >= 11 is 0. The number of pyridine rings is 1. The largest absolute Gasteiger partial charge is 0.395 e. The Bertz CT molecular complexity index is 1440. The van der Waals surface area contributed by atoms with Crippen molar-refractivity contribution >= 4 is 44.5 Å². The number of piperidine rings is 2. The van der Waals surface area contributed by atoms with Crippen molar-refractivity contribution in [3.8, 4) is 0 Å². The van der Waals surface area contributed by atoms with Crippen molar-refractivity contribution in [1.29, 1.82) is 0 Å². The van der Waals surface area contributed by atoms with Gasteiger partial charge in [-0.2, -0.15) is 0 Å². The fourth-order valence-electron chi connectivity index (χ4n) is 6.89. The summed E-state index contributed by atoms with van der Waals surface area (Å²) in [5.74, 6) is 1.82. The summed E-state index contributed by atoms with van der Waals surface area (Å²) in [6.45, 7) is 4.22. The number of sulfonamides is 1. The van der Waals surface area contributed by atoms with Gasteiger partial charge in [0.05, 0.1) is 35.1 Å². The first-order valence-electron chi connectivity index (χ1n) is 14.5. The molecule has 10 nitrogen and oxygen atoms in total. The van der Waals surface area contributed by atoms with E-state index in [2.05, 4.69) is 31.8 Å². The lowest BCUT2D eigenvalue weighted by Gasteiger charge is -2.35. The SMILES string of the molecule is CN1CCc2cc(C(=O)Nc3ccc(NS(=O)(=O)CCO)cc3N3CCC4(CC3)CC4)nc(N3CC4CC4C3)c21. The Morgan fingerprint density at radius 2 is 1.82 bits per heavy atom. The summed E-state index contributed by atoms with van der Waals surface area (Å²) in [6, 6.07) is 7.15. The molecule has 5 aliphatic rings. The number of carbonyl (C=O) groups excluding carboxylic acids is 1. The molecular weight excluding hydrogens is 528 g/mol. The number of anilines is 5. The van der Waals surface area contributed by atoms with Crippen LogP contribution < -0.4 is 24.7 Å². The van der Waals surface area contributed by atoms with E-state index in [9.17, 15) is 13.2 Å². The van der Waals surface area contributed by atoms with Crippen molar-refractivity contribution in [2.24, 2.45) is 17.3 Å². The third-order valence-corrected chi connectivity index (χ3v) is 10.9. The zero-order chi connectivity index (χ0) is 27.6. The van der Waals surface area contributed by atoms with Crippen molar-refractivity contribution in [2.45, 2.75) is 38.5 Å². The summed E-state index contributed by atoms with van der Waals surface area (Å²) in [7, 11) is -1.57. The van der Waals surface area contributed by atoms with Crippen LogP contribution in [0.25, 0.3) is 0 Å². The van der Waals surface area contributed by atoms with Gasteiger partial charge < -0.3 is 25.1 Å². The smallest absolute Gasteiger partial charge is 0.274 e. The highest BCUT2D eigenvalue weighted by Gasteiger charge is 2.47. The average molecular weight is 567 g/mol. The number of aliphatic hydroxyl groups excluding tert-OH is 1. The van der Waals surface area contributed by atoms with Crippen LogP contribution in [0.15, 0.2) is 24.3 Å². The molecule has 3 N–H and O–H groups in total. The van der Waals surface area contributed by atoms with Gasteiger partial charge >= 0.3 is 0 Å². The minimum absolute atomic E-state index is 0.256. The number of carbonyl (C=O) groups is 1. The van der Waals surface area contributed by atoms with Gasteiger partial charge in [-0.25, -0.2) is 13.4 Å². The van der Waals surface area contributed by atoms with E-state index in [-0.39, 0.29) is 11.7 Å². The van der Waals surface area contributed by atoms with Crippen molar-refractivity contribution in [3.05, 3.63) is 35.5 Å². The molecular formula is C29H38N6O4S. The second kappa shape index (κ2) is 9.51. The number of benzene rings is 1. The number of hydrogen-bond donors (Lipinski definition) is 3. The summed E-state index contributed by atoms with van der Waals surface area (Å²) in [4.78, 5) is 25.5. The van der Waals surface area contributed by atoms with Gasteiger partial charge in [0, 0.05) is 39.8 Å². The molecule has 4 fully saturated rings. The van der Waals surface area contributed by atoms with Gasteiger partial charge in [0.15, 0.2) is 5.82 Å². The Labute approximate surface area is 235 Å². The highest BCUT2D eigenvalue weighted by molar-refractivity contribution is 7.92. The van der Waals surface area contributed by atoms with Crippen LogP contribution in [0.4, 0.5) is 28.6 Å². The number of aromatic nitrogens is 1. The van der Waals surface area contributed by atoms with Crippen molar-refractivity contribution < 1.29 is 18.3 Å². The lowest BCUT2D eigenvalue weighted by molar-refractivity contribution is 0.102. The van der Waals surface area contributed by atoms with Crippen LogP contribution in [0.1, 0.15) is 48.2 Å². The fourth-order valence-corrected chi connectivity index (χ4v) is 7.72. The van der Waals surface area contributed by atoms with Crippen molar-refractivity contribution in [1.82, 2.24) is 4.98 Å². The molecule has 4 heterocycles. The van der Waals surface area contributed by atoms with Crippen LogP contribution in [0.2, 0.25) is 0 Å². The van der Waals surface area contributed by atoms with E-state index in [4.69, 9.17) is 10.1 Å². The minimum Gasteiger partial charge on any atom is -0.395 e. The van der Waals surface area contributed by atoms with Gasteiger partial charge in [0.2, 0.25) is 10.0 Å². The van der Waals surface area contributed by atoms with Gasteiger partial charge in [0.1, 0.15) is 5.69 Å². The van der Waals surface area contributed by atoms with Gasteiger partial charge in [0.25, 0.3) is 5.91 Å². The molecule has 3 aliphatic heterocycles. The minimum atomic E-state index is -3.67. The van der Waals surface area contributed by atoms with Crippen LogP contribution in [-0.4, -0.2) is 76.5 Å². The quantitative estimate of drug-likeness (QED) is 0.447. The standard InChI is InChI=1S/C29H38N6O4S/c1-33-9-4-19-15-24(30-27(26(19)33)35-17-20-14-21(20)18-35)28(37)31-23-3-2-22(32-40(38,39)13-12-36)16-25(23)34-10-7-29(5-6-29)8-11-34/h2-3,15-16,20-21,32,36H,4-14,17-18H2,1H3,(H,31,37). The molecule has 7 rings (SSSR count). The van der Waals surface area contributed by atoms with Gasteiger partial charge in [-0.1, -0.05) is 0 Å². The first-order valence-corrected chi connectivity index (χ1v) is 16.2. The second-order valence-electron chi connectivity index (χ2n) is 12.5. The molecule has 40 heavy (non-hydrogen) atoms. The maximum atomic E-state index is 13.7. The summed E-state index contributed by atoms with van der Waals surface area (Å²) in [5.41, 5.74) is 5.08. The first kappa shape index (κ1) is 25.9. The van der Waals surface area contributed by atoms with Gasteiger partial charge in [-0.3, -0.25) is 9.52 Å². The summed E-state index contributed by atoms with van der Waals surface area (Å²) < 4.78 is 27.2. The molecule has 1 aromatic heterocycles. The van der Waals surface area contributed by atoms with E-state index in [1.165, 1.54) is 19.3 Å². The topological polar surface area (TPSA) is 118 Å². The number of likely N-dealkylation sites (N-methyl/N-ethyl adjacent to an activating group) is 1. The Kier molecular flexibility index (Phi) is 6.16. The molecule has 1 amide bonds. The maximum absolute atomic E-state index is 13.7. The van der Waals surface area contributed by atoms with Crippen LogP contribution in [0, 0.1) is 17.3 Å². The number of fused-ring (bicyclic) bond motifs is 2. The number of hydrogen-bond acceptors (Lipinski definition) is 8. The van der Waals surface area contributed by atoms with E-state index < -0.39 is 16.6 Å². The molecule has 1 aromatic carbocycles. The molecule has 2 aromatic rings. The third-order valence-electron chi connectivity index (χ3n) is 9.66. The molecule has 2 saturated carbocycles. The molecule has 2 saturated heterocycles. The van der Waals surface area contributed by atoms with Crippen LogP contribution >= 0.6 is 0 Å². The molecule has 214 valence electrons. The zero-order valence-electron chi connectivity index (χ0n) is 23.0. The van der Waals surface area contributed by atoms with Crippen LogP contribution in [-0.2, 0) is 16.4 Å². The van der Waals surface area contributed by atoms with Crippen molar-refractivity contribution in [3.63, 3.8) is 0 Å². The Balaban J connectivity index is 1.18. The monoisotopic (exact) mass is 566 g/mol. The Morgan fingerprint density at radius 3 is 2.52 bits per heavy atom. The molecule has 1 spiro atoms. The second-order valence-corrected chi connectivity index (χ2v) is 14.3. The molecule has 11 heteroatoms. The maximum Gasteiger partial charge on any atom is 0.274 e. The molecule has 2 unspecified atom stereocenters. The predicted octanol–water partition coefficient (Wildman–Crippen LogP) is 2.90. The third kappa shape index (κ3) is 4.87. The Hall–Kier alpha value is -3.05. The molecule has 0 radical (unpaired) electrons. The Morgan fingerprint density at radius 1 is 1.07 bits per heavy atom. The summed E-state index contributed by atoms with van der Waals surface area (Å²) in [5, 5.41) is 12.3. The predicted molar refractivity (Wildman–Crippen MR) is 157 cm³/mol. The normalized spacial score (nSPS) is 24.2. The number of nitrogens with one attached hydrogen (secondary N) is 2. The molecule has 2 atom stereocenters. The highest BCUT2D eigenvalue weighted by Crippen LogP contribution is 2.54. The van der Waals surface area contributed by atoms with E-state index in [0.29, 0.717) is 22.5 Å². The lowest BCUT2D eigenvalue weighted by atomic mass is 9.93. The highest BCUT2D eigenvalue weighted by atomic mass is 32.2. The van der Waals surface area contributed by atoms with E-state index in [1.54, 1.807) is 18.2 Å². The van der Waals surface area contributed by atoms with Crippen LogP contribution in [0.3, 0.4) is 0 Å². The average Bonchev–Trinajstić information content (AvgIpc) is 3.78. The zero-order valence-corrected chi connectivity index (χ0v) is 23.8. The van der Waals surface area contributed by atoms with E-state index in [1.807, 2.05) is 6.07 Å². The number of aliphatic hydroxyl groups is 1. The van der Waals surface area contributed by atoms with Gasteiger partial charge in [-0.15, -0.1) is 0 Å². The first-order chi connectivity index (χ1) is 19.2. The fraction of sp³-hybridized carbons (Fsp3) is 0.586.